The third kappa shape index (κ3) is 8.69. The zero-order chi connectivity index (χ0) is 31.4. The number of aryl methyl sites for hydroxylation is 1. The lowest BCUT2D eigenvalue weighted by molar-refractivity contribution is -0.142. The van der Waals surface area contributed by atoms with E-state index in [1.165, 1.54) is 0 Å². The number of hydrogen-bond donors (Lipinski definition) is 4. The summed E-state index contributed by atoms with van der Waals surface area (Å²) in [6, 6.07) is 22.1. The minimum atomic E-state index is -1.14. The van der Waals surface area contributed by atoms with Gasteiger partial charge in [0, 0.05) is 44.5 Å². The van der Waals surface area contributed by atoms with Crippen LogP contribution >= 0.6 is 12.6 Å². The highest BCUT2D eigenvalue weighted by Crippen LogP contribution is 2.31. The maximum atomic E-state index is 14.2. The van der Waals surface area contributed by atoms with E-state index in [9.17, 15) is 19.2 Å². The SMILES string of the molecule is CNC(=O)[C@H](Cc1ccccc1)N1CC[C@](CCc2ccccc2)(NC(=O)[C@@H](S)CCCCNC(=O)c2ccncc2)C1=O. The molecule has 10 heteroatoms. The van der Waals surface area contributed by atoms with Crippen molar-refractivity contribution in [3.8, 4) is 0 Å². The normalized spacial score (nSPS) is 17.5. The molecule has 3 aromatic rings. The van der Waals surface area contributed by atoms with Crippen LogP contribution in [0.15, 0.2) is 85.2 Å². The number of nitrogens with zero attached hydrogens (tertiary/aromatic N) is 2. The molecule has 4 rings (SSSR count). The second-order valence-corrected chi connectivity index (χ2v) is 11.8. The van der Waals surface area contributed by atoms with Gasteiger partial charge in [-0.05, 0) is 55.4 Å². The number of benzene rings is 2. The van der Waals surface area contributed by atoms with Gasteiger partial charge in [-0.25, -0.2) is 0 Å². The van der Waals surface area contributed by atoms with Gasteiger partial charge in [-0.3, -0.25) is 24.2 Å². The fraction of sp³-hybridized carbons (Fsp3) is 0.382. The van der Waals surface area contributed by atoms with Gasteiger partial charge in [0.15, 0.2) is 0 Å². The molecule has 1 aliphatic heterocycles. The number of carbonyl (C=O) groups is 4. The zero-order valence-electron chi connectivity index (χ0n) is 25.1. The van der Waals surface area contributed by atoms with Crippen LogP contribution in [0.4, 0.5) is 0 Å². The topological polar surface area (TPSA) is 120 Å². The Bertz CT molecular complexity index is 1390. The number of amides is 4. The molecule has 4 amide bonds. The summed E-state index contributed by atoms with van der Waals surface area (Å²) >= 11 is 4.58. The third-order valence-electron chi connectivity index (χ3n) is 8.13. The average molecular weight is 616 g/mol. The molecule has 0 radical (unpaired) electrons. The first-order valence-corrected chi connectivity index (χ1v) is 15.6. The van der Waals surface area contributed by atoms with Gasteiger partial charge in [0.25, 0.3) is 5.91 Å². The van der Waals surface area contributed by atoms with Crippen molar-refractivity contribution < 1.29 is 19.2 Å². The standard InChI is InChI=1S/C34H41N5O4S/c1-35-31(41)28(24-26-12-6-3-7-13-26)39-23-19-34(33(39)43,18-15-25-10-4-2-5-11-25)38-32(42)29(44)14-8-9-20-37-30(40)27-16-21-36-22-17-27/h2-7,10-13,16-17,21-22,28-29,44H,8-9,14-15,18-20,23-24H2,1H3,(H,35,41)(H,37,40)(H,38,42)/t28-,29-,34-/m0/s1. The lowest BCUT2D eigenvalue weighted by Gasteiger charge is -2.33. The van der Waals surface area contributed by atoms with E-state index in [-0.39, 0.29) is 23.6 Å². The summed E-state index contributed by atoms with van der Waals surface area (Å²) in [5.41, 5.74) is 1.42. The summed E-state index contributed by atoms with van der Waals surface area (Å²) in [5, 5.41) is 8.05. The van der Waals surface area contributed by atoms with Crippen molar-refractivity contribution in [2.45, 2.75) is 61.8 Å². The Morgan fingerprint density at radius 1 is 0.932 bits per heavy atom. The van der Waals surface area contributed by atoms with Crippen molar-refractivity contribution in [2.75, 3.05) is 20.1 Å². The fourth-order valence-electron chi connectivity index (χ4n) is 5.57. The quantitative estimate of drug-likeness (QED) is 0.154. The molecule has 3 N–H and O–H groups in total. The first-order chi connectivity index (χ1) is 21.3. The van der Waals surface area contributed by atoms with Gasteiger partial charge in [0.1, 0.15) is 11.6 Å². The predicted octanol–water partition coefficient (Wildman–Crippen LogP) is 3.36. The van der Waals surface area contributed by atoms with Gasteiger partial charge in [-0.2, -0.15) is 12.6 Å². The number of hydrogen-bond acceptors (Lipinski definition) is 6. The molecule has 3 atom stereocenters. The van der Waals surface area contributed by atoms with Crippen molar-refractivity contribution in [1.82, 2.24) is 25.8 Å². The van der Waals surface area contributed by atoms with Crippen LogP contribution < -0.4 is 16.0 Å². The van der Waals surface area contributed by atoms with E-state index < -0.39 is 16.8 Å². The summed E-state index contributed by atoms with van der Waals surface area (Å²) in [7, 11) is 1.57. The van der Waals surface area contributed by atoms with Crippen LogP contribution in [0.3, 0.4) is 0 Å². The van der Waals surface area contributed by atoms with Crippen LogP contribution in [0.1, 0.15) is 53.6 Å². The monoisotopic (exact) mass is 615 g/mol. The second-order valence-electron chi connectivity index (χ2n) is 11.1. The van der Waals surface area contributed by atoms with Crippen molar-refractivity contribution in [1.29, 1.82) is 0 Å². The summed E-state index contributed by atoms with van der Waals surface area (Å²) < 4.78 is 0. The molecule has 0 unspecified atom stereocenters. The third-order valence-corrected chi connectivity index (χ3v) is 8.62. The van der Waals surface area contributed by atoms with E-state index in [4.69, 9.17) is 0 Å². The van der Waals surface area contributed by atoms with Crippen molar-refractivity contribution >= 4 is 36.3 Å². The van der Waals surface area contributed by atoms with E-state index in [1.54, 1.807) is 36.5 Å². The first kappa shape index (κ1) is 32.7. The molecular weight excluding hydrogens is 574 g/mol. The molecule has 0 aliphatic carbocycles. The lowest BCUT2D eigenvalue weighted by Crippen LogP contribution is -2.58. The number of nitrogens with one attached hydrogen (secondary N) is 3. The molecule has 0 saturated carbocycles. The molecule has 0 spiro atoms. The lowest BCUT2D eigenvalue weighted by atomic mass is 9.89. The Morgan fingerprint density at radius 2 is 1.59 bits per heavy atom. The van der Waals surface area contributed by atoms with E-state index in [0.717, 1.165) is 11.1 Å². The summed E-state index contributed by atoms with van der Waals surface area (Å²) in [5.74, 6) is -0.960. The van der Waals surface area contributed by atoms with E-state index >= 15 is 0 Å². The zero-order valence-corrected chi connectivity index (χ0v) is 26.0. The van der Waals surface area contributed by atoms with E-state index in [2.05, 4.69) is 33.6 Å². The highest BCUT2D eigenvalue weighted by molar-refractivity contribution is 7.81. The van der Waals surface area contributed by atoms with E-state index in [1.807, 2.05) is 60.7 Å². The van der Waals surface area contributed by atoms with Crippen LogP contribution in [0.25, 0.3) is 0 Å². The molecule has 1 fully saturated rings. The number of likely N-dealkylation sites (tertiary alicyclic amines) is 1. The predicted molar refractivity (Wildman–Crippen MR) is 173 cm³/mol. The van der Waals surface area contributed by atoms with Crippen LogP contribution in [0.5, 0.6) is 0 Å². The summed E-state index contributed by atoms with van der Waals surface area (Å²) in [6.45, 7) is 0.827. The molecule has 232 valence electrons. The van der Waals surface area contributed by atoms with Gasteiger partial charge in [-0.15, -0.1) is 0 Å². The number of aromatic nitrogens is 1. The molecule has 0 bridgehead atoms. The molecule has 2 aromatic carbocycles. The number of carbonyl (C=O) groups excluding carboxylic acids is 4. The van der Waals surface area contributed by atoms with Crippen LogP contribution in [0.2, 0.25) is 0 Å². The maximum absolute atomic E-state index is 14.2. The number of rotatable bonds is 15. The van der Waals surface area contributed by atoms with Crippen molar-refractivity contribution in [3.05, 3.63) is 102 Å². The van der Waals surface area contributed by atoms with Crippen molar-refractivity contribution in [2.24, 2.45) is 0 Å². The van der Waals surface area contributed by atoms with Crippen LogP contribution in [-0.4, -0.2) is 70.5 Å². The van der Waals surface area contributed by atoms with Crippen molar-refractivity contribution in [3.63, 3.8) is 0 Å². The van der Waals surface area contributed by atoms with Crippen LogP contribution in [-0.2, 0) is 27.2 Å². The molecule has 2 heterocycles. The second kappa shape index (κ2) is 16.0. The molecule has 44 heavy (non-hydrogen) atoms. The average Bonchev–Trinajstić information content (AvgIpc) is 3.38. The van der Waals surface area contributed by atoms with Gasteiger partial charge in [-0.1, -0.05) is 67.1 Å². The smallest absolute Gasteiger partial charge is 0.251 e. The number of unbranched alkanes of at least 4 members (excludes halogenated alkanes) is 1. The Morgan fingerprint density at radius 3 is 2.25 bits per heavy atom. The number of thiol groups is 1. The van der Waals surface area contributed by atoms with Gasteiger partial charge in [0.05, 0.1) is 5.25 Å². The first-order valence-electron chi connectivity index (χ1n) is 15.1. The molecular formula is C34H41N5O4S. The fourth-order valence-corrected chi connectivity index (χ4v) is 5.82. The minimum Gasteiger partial charge on any atom is -0.357 e. The number of pyridine rings is 1. The Kier molecular flexibility index (Phi) is 11.9. The largest absolute Gasteiger partial charge is 0.357 e. The van der Waals surface area contributed by atoms with Gasteiger partial charge >= 0.3 is 0 Å². The van der Waals surface area contributed by atoms with Gasteiger partial charge < -0.3 is 20.9 Å². The molecule has 9 nitrogen and oxygen atoms in total. The Balaban J connectivity index is 1.40. The number of likely N-dealkylation sites (N-methyl/N-ethyl adjacent to an activating group) is 1. The Hall–Kier alpha value is -4.18. The minimum absolute atomic E-state index is 0.167. The van der Waals surface area contributed by atoms with E-state index in [0.29, 0.717) is 63.6 Å². The van der Waals surface area contributed by atoms with Crippen LogP contribution in [0, 0.1) is 0 Å². The summed E-state index contributed by atoms with van der Waals surface area (Å²) in [4.78, 5) is 58.5. The maximum Gasteiger partial charge on any atom is 0.251 e. The molecule has 1 aliphatic rings. The summed E-state index contributed by atoms with van der Waals surface area (Å²) in [6.07, 6.45) is 6.76. The molecule has 1 saturated heterocycles. The molecule has 1 aromatic heterocycles. The highest BCUT2D eigenvalue weighted by Gasteiger charge is 2.50. The highest BCUT2D eigenvalue weighted by atomic mass is 32.1. The van der Waals surface area contributed by atoms with Gasteiger partial charge in [0.2, 0.25) is 17.7 Å². The Labute approximate surface area is 264 Å².